The third-order valence-corrected chi connectivity index (χ3v) is 6.94. The number of rotatable bonds is 9. The van der Waals surface area contributed by atoms with Crippen molar-refractivity contribution in [2.45, 2.75) is 26.2 Å². The van der Waals surface area contributed by atoms with Gasteiger partial charge in [0.2, 0.25) is 11.7 Å². The Bertz CT molecular complexity index is 1200. The lowest BCUT2D eigenvalue weighted by Gasteiger charge is -2.29. The maximum Gasteiger partial charge on any atom is 0.376 e. The Kier molecular flexibility index (Phi) is 7.70. The molecule has 35 heavy (non-hydrogen) atoms. The van der Waals surface area contributed by atoms with Crippen LogP contribution in [0, 0.1) is 20.9 Å². The molecule has 0 aliphatic carbocycles. The third-order valence-electron chi connectivity index (χ3n) is 6.02. The second kappa shape index (κ2) is 11.1. The highest BCUT2D eigenvalue weighted by molar-refractivity contribution is 7.13. The second-order valence-electron chi connectivity index (χ2n) is 8.32. The lowest BCUT2D eigenvalue weighted by Crippen LogP contribution is -2.35. The molecule has 3 aromatic rings. The van der Waals surface area contributed by atoms with Gasteiger partial charge in [-0.25, -0.2) is 4.98 Å². The predicted molar refractivity (Wildman–Crippen MR) is 134 cm³/mol. The maximum atomic E-state index is 12.1. The van der Waals surface area contributed by atoms with E-state index < -0.39 is 4.92 Å². The van der Waals surface area contributed by atoms with Crippen LogP contribution in [-0.2, 0) is 11.2 Å². The van der Waals surface area contributed by atoms with E-state index in [2.05, 4.69) is 20.1 Å². The van der Waals surface area contributed by atoms with Crippen molar-refractivity contribution in [3.8, 4) is 10.6 Å². The highest BCUT2D eigenvalue weighted by Gasteiger charge is 2.27. The number of carbonyl (C=O) groups excluding carboxylic acids is 1. The zero-order valence-electron chi connectivity index (χ0n) is 19.2. The van der Waals surface area contributed by atoms with E-state index in [1.807, 2.05) is 16.3 Å². The molecule has 4 heterocycles. The molecule has 1 fully saturated rings. The molecular formula is C23H25N7O4S. The summed E-state index contributed by atoms with van der Waals surface area (Å²) in [6.07, 6.45) is 5.37. The standard InChI is InChI=1S/C23H25N7O4S/c1-16(31)29(19-3-2-9-24-14-19)12-8-18-15-35-23(26-18)20-4-5-21(27-22(20)30(33)34)28-10-6-17(7-11-28)13-25-32/h2-5,9,14-15,17H,6-8,10-13H2,1H3. The van der Waals surface area contributed by atoms with Crippen LogP contribution < -0.4 is 9.80 Å². The summed E-state index contributed by atoms with van der Waals surface area (Å²) in [4.78, 5) is 50.6. The smallest absolute Gasteiger partial charge is 0.358 e. The summed E-state index contributed by atoms with van der Waals surface area (Å²) in [5.74, 6) is 0.461. The van der Waals surface area contributed by atoms with Crippen molar-refractivity contribution in [3.63, 3.8) is 0 Å². The largest absolute Gasteiger partial charge is 0.376 e. The van der Waals surface area contributed by atoms with Crippen molar-refractivity contribution in [1.82, 2.24) is 15.0 Å². The molecule has 0 N–H and O–H groups in total. The van der Waals surface area contributed by atoms with Crippen LogP contribution in [0.3, 0.4) is 0 Å². The summed E-state index contributed by atoms with van der Waals surface area (Å²) in [5, 5.41) is 17.2. The second-order valence-corrected chi connectivity index (χ2v) is 9.17. The lowest BCUT2D eigenvalue weighted by atomic mass is 9.97. The molecule has 11 nitrogen and oxygen atoms in total. The fourth-order valence-electron chi connectivity index (χ4n) is 4.12. The van der Waals surface area contributed by atoms with Gasteiger partial charge in [-0.1, -0.05) is 5.18 Å². The molecule has 1 amide bonds. The first kappa shape index (κ1) is 24.3. The summed E-state index contributed by atoms with van der Waals surface area (Å²) in [6.45, 7) is 3.57. The van der Waals surface area contributed by atoms with Gasteiger partial charge >= 0.3 is 5.82 Å². The number of amides is 1. The third kappa shape index (κ3) is 5.83. The van der Waals surface area contributed by atoms with Crippen LogP contribution in [0.15, 0.2) is 47.2 Å². The molecule has 4 rings (SSSR count). The van der Waals surface area contributed by atoms with E-state index in [1.165, 1.54) is 18.3 Å². The van der Waals surface area contributed by atoms with Crippen LogP contribution in [0.4, 0.5) is 17.3 Å². The van der Waals surface area contributed by atoms with Gasteiger partial charge in [0.1, 0.15) is 10.6 Å². The number of aromatic nitrogens is 3. The van der Waals surface area contributed by atoms with Gasteiger partial charge in [-0.3, -0.25) is 9.78 Å². The Labute approximate surface area is 206 Å². The maximum absolute atomic E-state index is 12.1. The zero-order chi connectivity index (χ0) is 24.8. The molecule has 0 aromatic carbocycles. The van der Waals surface area contributed by atoms with Gasteiger partial charge in [-0.15, -0.1) is 11.3 Å². The molecule has 0 spiro atoms. The number of carbonyl (C=O) groups is 1. The van der Waals surface area contributed by atoms with Crippen LogP contribution in [0.2, 0.25) is 0 Å². The monoisotopic (exact) mass is 495 g/mol. The molecule has 3 aromatic heterocycles. The SMILES string of the molecule is CC(=O)N(CCc1csc(-c2ccc(N3CCC(CN=O)CC3)nc2[N+](=O)[O-])n1)c1cccnc1. The van der Waals surface area contributed by atoms with E-state index >= 15 is 0 Å². The number of piperidine rings is 1. The Hall–Kier alpha value is -3.80. The van der Waals surface area contributed by atoms with Gasteiger partial charge in [0, 0.05) is 50.6 Å². The fraction of sp³-hybridized carbons (Fsp3) is 0.391. The van der Waals surface area contributed by atoms with E-state index in [9.17, 15) is 19.8 Å². The quantitative estimate of drug-likeness (QED) is 0.246. The molecule has 1 aliphatic heterocycles. The molecule has 0 unspecified atom stereocenters. The Morgan fingerprint density at radius 3 is 2.74 bits per heavy atom. The summed E-state index contributed by atoms with van der Waals surface area (Å²) in [7, 11) is 0. The molecule has 0 atom stereocenters. The number of nitrogens with zero attached hydrogens (tertiary/aromatic N) is 7. The number of nitroso groups, excluding NO2 is 1. The van der Waals surface area contributed by atoms with E-state index in [4.69, 9.17) is 0 Å². The topological polar surface area (TPSA) is 135 Å². The van der Waals surface area contributed by atoms with Gasteiger partial charge in [0.05, 0.1) is 24.1 Å². The van der Waals surface area contributed by atoms with E-state index in [-0.39, 0.29) is 17.6 Å². The number of thiazole rings is 1. The molecule has 12 heteroatoms. The molecule has 182 valence electrons. The number of anilines is 2. The van der Waals surface area contributed by atoms with Crippen LogP contribution in [0.1, 0.15) is 25.5 Å². The number of hydrogen-bond acceptors (Lipinski definition) is 10. The minimum absolute atomic E-state index is 0.102. The van der Waals surface area contributed by atoms with Crippen molar-refractivity contribution in [2.75, 3.05) is 36.0 Å². The summed E-state index contributed by atoms with van der Waals surface area (Å²) in [6, 6.07) is 7.06. The van der Waals surface area contributed by atoms with Gasteiger partial charge in [-0.2, -0.15) is 4.91 Å². The Morgan fingerprint density at radius 1 is 1.29 bits per heavy atom. The van der Waals surface area contributed by atoms with Crippen molar-refractivity contribution in [2.24, 2.45) is 11.1 Å². The molecule has 0 bridgehead atoms. The first-order valence-corrected chi connectivity index (χ1v) is 12.2. The number of nitro groups is 1. The Balaban J connectivity index is 1.48. The fourth-order valence-corrected chi connectivity index (χ4v) is 5.00. The summed E-state index contributed by atoms with van der Waals surface area (Å²) < 4.78 is 0. The first-order chi connectivity index (χ1) is 17.0. The zero-order valence-corrected chi connectivity index (χ0v) is 20.1. The van der Waals surface area contributed by atoms with Crippen molar-refractivity contribution < 1.29 is 9.72 Å². The van der Waals surface area contributed by atoms with Crippen LogP contribution in [0.5, 0.6) is 0 Å². The summed E-state index contributed by atoms with van der Waals surface area (Å²) in [5.41, 5.74) is 1.81. The molecule has 1 aliphatic rings. The minimum atomic E-state index is -0.483. The molecular weight excluding hydrogens is 470 g/mol. The molecule has 0 saturated carbocycles. The lowest BCUT2D eigenvalue weighted by molar-refractivity contribution is -0.388. The van der Waals surface area contributed by atoms with E-state index in [0.29, 0.717) is 54.7 Å². The van der Waals surface area contributed by atoms with Gasteiger partial charge < -0.3 is 19.9 Å². The Morgan fingerprint density at radius 2 is 2.09 bits per heavy atom. The van der Waals surface area contributed by atoms with Crippen LogP contribution >= 0.6 is 11.3 Å². The van der Waals surface area contributed by atoms with E-state index in [1.54, 1.807) is 35.5 Å². The molecule has 1 saturated heterocycles. The van der Waals surface area contributed by atoms with E-state index in [0.717, 1.165) is 18.5 Å². The van der Waals surface area contributed by atoms with Crippen molar-refractivity contribution in [1.29, 1.82) is 0 Å². The molecule has 0 radical (unpaired) electrons. The number of pyridine rings is 2. The first-order valence-electron chi connectivity index (χ1n) is 11.3. The van der Waals surface area contributed by atoms with Gasteiger partial charge in [0.25, 0.3) is 0 Å². The highest BCUT2D eigenvalue weighted by Crippen LogP contribution is 2.34. The average Bonchev–Trinajstić information content (AvgIpc) is 3.34. The van der Waals surface area contributed by atoms with Crippen molar-refractivity contribution >= 4 is 34.6 Å². The average molecular weight is 496 g/mol. The number of hydrogen-bond donors (Lipinski definition) is 0. The predicted octanol–water partition coefficient (Wildman–Crippen LogP) is 4.09. The summed E-state index contributed by atoms with van der Waals surface area (Å²) >= 11 is 1.31. The minimum Gasteiger partial charge on any atom is -0.358 e. The van der Waals surface area contributed by atoms with Crippen LogP contribution in [-0.4, -0.2) is 52.0 Å². The van der Waals surface area contributed by atoms with Gasteiger partial charge in [-0.05, 0) is 46.9 Å². The van der Waals surface area contributed by atoms with Gasteiger partial charge in [0.15, 0.2) is 0 Å². The highest BCUT2D eigenvalue weighted by atomic mass is 32.1. The van der Waals surface area contributed by atoms with Crippen LogP contribution in [0.25, 0.3) is 10.6 Å². The normalized spacial score (nSPS) is 14.0. The van der Waals surface area contributed by atoms with Crippen molar-refractivity contribution in [3.05, 3.63) is 62.8 Å².